The summed E-state index contributed by atoms with van der Waals surface area (Å²) in [5.41, 5.74) is 1.45. The third-order valence-electron chi connectivity index (χ3n) is 4.45. The molecule has 0 spiro atoms. The Kier molecular flexibility index (Phi) is 5.10. The predicted molar refractivity (Wildman–Crippen MR) is 87.3 cm³/mol. The molecular formula is C16H25BrN2O. The van der Waals surface area contributed by atoms with E-state index in [9.17, 15) is 0 Å². The van der Waals surface area contributed by atoms with Crippen LogP contribution in [0.1, 0.15) is 32.8 Å². The number of benzene rings is 1. The number of piperazine rings is 1. The van der Waals surface area contributed by atoms with Gasteiger partial charge in [-0.1, -0.05) is 22.9 Å². The highest BCUT2D eigenvalue weighted by Crippen LogP contribution is 2.29. The van der Waals surface area contributed by atoms with E-state index in [1.165, 1.54) is 5.56 Å². The molecule has 4 heteroatoms. The first-order valence-corrected chi connectivity index (χ1v) is 8.08. The summed E-state index contributed by atoms with van der Waals surface area (Å²) < 4.78 is 6.61. The fourth-order valence-corrected chi connectivity index (χ4v) is 3.21. The van der Waals surface area contributed by atoms with Crippen LogP contribution in [0.25, 0.3) is 0 Å². The maximum absolute atomic E-state index is 5.51. The summed E-state index contributed by atoms with van der Waals surface area (Å²) in [6, 6.07) is 6.77. The van der Waals surface area contributed by atoms with Crippen molar-refractivity contribution in [2.45, 2.75) is 45.3 Å². The van der Waals surface area contributed by atoms with Gasteiger partial charge in [0.1, 0.15) is 5.75 Å². The average Bonchev–Trinajstić information content (AvgIpc) is 2.43. The standard InChI is InChI=1S/C16H25BrN2O/c1-5-16(3)11-18-12(2)9-19(16)10-13-8-14(17)6-7-15(13)20-4/h6-8,12,18H,5,9-11H2,1-4H3. The first-order valence-electron chi connectivity index (χ1n) is 7.29. The van der Waals surface area contributed by atoms with Crippen molar-refractivity contribution < 1.29 is 4.74 Å². The van der Waals surface area contributed by atoms with Crippen LogP contribution in [0, 0.1) is 0 Å². The molecule has 1 aromatic carbocycles. The maximum atomic E-state index is 5.51. The zero-order valence-corrected chi connectivity index (χ0v) is 14.5. The molecule has 0 aliphatic carbocycles. The second-order valence-electron chi connectivity index (χ2n) is 5.97. The summed E-state index contributed by atoms with van der Waals surface area (Å²) in [7, 11) is 1.74. The van der Waals surface area contributed by atoms with Gasteiger partial charge in [-0.3, -0.25) is 4.90 Å². The molecule has 1 aliphatic heterocycles. The minimum atomic E-state index is 0.208. The molecular weight excluding hydrogens is 316 g/mol. The van der Waals surface area contributed by atoms with Crippen LogP contribution in [0.5, 0.6) is 5.75 Å². The van der Waals surface area contributed by atoms with Gasteiger partial charge in [-0.05, 0) is 38.5 Å². The van der Waals surface area contributed by atoms with Crippen molar-refractivity contribution in [3.05, 3.63) is 28.2 Å². The lowest BCUT2D eigenvalue weighted by Crippen LogP contribution is -2.61. The Morgan fingerprint density at radius 2 is 2.25 bits per heavy atom. The molecule has 0 saturated carbocycles. The van der Waals surface area contributed by atoms with E-state index in [2.05, 4.69) is 53.0 Å². The smallest absolute Gasteiger partial charge is 0.123 e. The van der Waals surface area contributed by atoms with Crippen LogP contribution in [0.2, 0.25) is 0 Å². The predicted octanol–water partition coefficient (Wildman–Crippen LogP) is 3.42. The van der Waals surface area contributed by atoms with E-state index in [1.54, 1.807) is 7.11 Å². The quantitative estimate of drug-likeness (QED) is 0.908. The van der Waals surface area contributed by atoms with E-state index in [0.29, 0.717) is 6.04 Å². The Balaban J connectivity index is 2.24. The molecule has 3 nitrogen and oxygen atoms in total. The molecule has 112 valence electrons. The second kappa shape index (κ2) is 6.46. The van der Waals surface area contributed by atoms with Crippen molar-refractivity contribution in [2.75, 3.05) is 20.2 Å². The molecule has 0 aromatic heterocycles. The molecule has 20 heavy (non-hydrogen) atoms. The summed E-state index contributed by atoms with van der Waals surface area (Å²) in [6.07, 6.45) is 1.14. The van der Waals surface area contributed by atoms with E-state index < -0.39 is 0 Å². The van der Waals surface area contributed by atoms with Crippen molar-refractivity contribution in [3.63, 3.8) is 0 Å². The number of rotatable bonds is 4. The second-order valence-corrected chi connectivity index (χ2v) is 6.88. The van der Waals surface area contributed by atoms with E-state index in [-0.39, 0.29) is 5.54 Å². The Bertz CT molecular complexity index is 466. The zero-order valence-electron chi connectivity index (χ0n) is 12.9. The van der Waals surface area contributed by atoms with Crippen LogP contribution >= 0.6 is 15.9 Å². The maximum Gasteiger partial charge on any atom is 0.123 e. The molecule has 2 unspecified atom stereocenters. The number of ether oxygens (including phenoxy) is 1. The van der Waals surface area contributed by atoms with Gasteiger partial charge in [0.15, 0.2) is 0 Å². The Labute approximate surface area is 130 Å². The molecule has 0 amide bonds. The number of halogens is 1. The molecule has 0 radical (unpaired) electrons. The van der Waals surface area contributed by atoms with Crippen molar-refractivity contribution >= 4 is 15.9 Å². The summed E-state index contributed by atoms with van der Waals surface area (Å²) in [5.74, 6) is 0.970. The average molecular weight is 341 g/mol. The zero-order chi connectivity index (χ0) is 14.8. The minimum Gasteiger partial charge on any atom is -0.496 e. The van der Waals surface area contributed by atoms with Crippen LogP contribution in [0.15, 0.2) is 22.7 Å². The van der Waals surface area contributed by atoms with Gasteiger partial charge in [-0.25, -0.2) is 0 Å². The van der Waals surface area contributed by atoms with Gasteiger partial charge in [0, 0.05) is 41.3 Å². The Morgan fingerprint density at radius 3 is 2.90 bits per heavy atom. The number of hydrogen-bond acceptors (Lipinski definition) is 3. The first-order chi connectivity index (χ1) is 9.48. The van der Waals surface area contributed by atoms with Crippen molar-refractivity contribution in [2.24, 2.45) is 0 Å². The molecule has 0 bridgehead atoms. The fourth-order valence-electron chi connectivity index (χ4n) is 2.80. The molecule has 1 aromatic rings. The number of hydrogen-bond donors (Lipinski definition) is 1. The van der Waals surface area contributed by atoms with Crippen LogP contribution in [-0.2, 0) is 6.54 Å². The highest BCUT2D eigenvalue weighted by atomic mass is 79.9. The lowest BCUT2D eigenvalue weighted by atomic mass is 9.91. The van der Waals surface area contributed by atoms with E-state index >= 15 is 0 Å². The highest BCUT2D eigenvalue weighted by molar-refractivity contribution is 9.10. The number of methoxy groups -OCH3 is 1. The SMILES string of the molecule is CCC1(C)CNC(C)CN1Cc1cc(Br)ccc1OC. The van der Waals surface area contributed by atoms with Crippen LogP contribution in [0.4, 0.5) is 0 Å². The highest BCUT2D eigenvalue weighted by Gasteiger charge is 2.35. The lowest BCUT2D eigenvalue weighted by Gasteiger charge is -2.47. The molecule has 1 fully saturated rings. The molecule has 2 rings (SSSR count). The number of nitrogens with zero attached hydrogens (tertiary/aromatic N) is 1. The molecule has 1 heterocycles. The van der Waals surface area contributed by atoms with E-state index in [4.69, 9.17) is 4.74 Å². The summed E-state index contributed by atoms with van der Waals surface area (Å²) in [4.78, 5) is 2.58. The monoisotopic (exact) mass is 340 g/mol. The van der Waals surface area contributed by atoms with Crippen LogP contribution < -0.4 is 10.1 Å². The number of nitrogens with one attached hydrogen (secondary N) is 1. The third-order valence-corrected chi connectivity index (χ3v) is 4.95. The van der Waals surface area contributed by atoms with Gasteiger partial charge in [-0.2, -0.15) is 0 Å². The van der Waals surface area contributed by atoms with E-state index in [1.807, 2.05) is 12.1 Å². The lowest BCUT2D eigenvalue weighted by molar-refractivity contribution is 0.0447. The largest absolute Gasteiger partial charge is 0.496 e. The van der Waals surface area contributed by atoms with Gasteiger partial charge in [-0.15, -0.1) is 0 Å². The van der Waals surface area contributed by atoms with Crippen molar-refractivity contribution in [3.8, 4) is 5.75 Å². The molecule has 1 N–H and O–H groups in total. The Hall–Kier alpha value is -0.580. The van der Waals surface area contributed by atoms with Gasteiger partial charge >= 0.3 is 0 Å². The molecule has 2 atom stereocenters. The Morgan fingerprint density at radius 1 is 1.50 bits per heavy atom. The van der Waals surface area contributed by atoms with Crippen molar-refractivity contribution in [1.29, 1.82) is 0 Å². The van der Waals surface area contributed by atoms with Gasteiger partial charge < -0.3 is 10.1 Å². The van der Waals surface area contributed by atoms with Crippen LogP contribution in [-0.4, -0.2) is 36.7 Å². The van der Waals surface area contributed by atoms with E-state index in [0.717, 1.165) is 36.3 Å². The summed E-state index contributed by atoms with van der Waals surface area (Å²) in [5, 5.41) is 3.60. The third kappa shape index (κ3) is 3.35. The fraction of sp³-hybridized carbons (Fsp3) is 0.625. The van der Waals surface area contributed by atoms with Gasteiger partial charge in [0.05, 0.1) is 7.11 Å². The molecule has 1 aliphatic rings. The van der Waals surface area contributed by atoms with Gasteiger partial charge in [0.2, 0.25) is 0 Å². The normalized spacial score (nSPS) is 27.6. The topological polar surface area (TPSA) is 24.5 Å². The molecule has 1 saturated heterocycles. The minimum absolute atomic E-state index is 0.208. The first kappa shape index (κ1) is 15.8. The summed E-state index contributed by atoms with van der Waals surface area (Å²) >= 11 is 3.56. The van der Waals surface area contributed by atoms with Crippen LogP contribution in [0.3, 0.4) is 0 Å². The summed E-state index contributed by atoms with van der Waals surface area (Å²) in [6.45, 7) is 9.90. The van der Waals surface area contributed by atoms with Gasteiger partial charge in [0.25, 0.3) is 0 Å². The van der Waals surface area contributed by atoms with Crippen molar-refractivity contribution in [1.82, 2.24) is 10.2 Å².